The molecule has 2 aromatic rings. The number of hydrogen-bond acceptors (Lipinski definition) is 4. The Labute approximate surface area is 119 Å². The van der Waals surface area contributed by atoms with Gasteiger partial charge in [0.25, 0.3) is 5.69 Å². The second kappa shape index (κ2) is 6.17. The monoisotopic (exact) mass is 288 g/mol. The van der Waals surface area contributed by atoms with Crippen molar-refractivity contribution in [1.82, 2.24) is 0 Å². The molecule has 2 rings (SSSR count). The van der Waals surface area contributed by atoms with Crippen molar-refractivity contribution in [2.45, 2.75) is 10.6 Å². The molecule has 0 saturated heterocycles. The van der Waals surface area contributed by atoms with Gasteiger partial charge in [-0.05, 0) is 23.8 Å². The molecule has 4 nitrogen and oxygen atoms in total. The van der Waals surface area contributed by atoms with Gasteiger partial charge in [0.15, 0.2) is 0 Å². The molecule has 0 atom stereocenters. The fourth-order valence-electron chi connectivity index (χ4n) is 1.60. The molecule has 0 aliphatic rings. The lowest BCUT2D eigenvalue weighted by Gasteiger charge is -2.04. The van der Waals surface area contributed by atoms with E-state index in [0.29, 0.717) is 11.3 Å². The largest absolute Gasteiger partial charge is 0.269 e. The smallest absolute Gasteiger partial charge is 0.258 e. The Kier molecular flexibility index (Phi) is 4.33. The highest BCUT2D eigenvalue weighted by atomic mass is 32.2. The van der Waals surface area contributed by atoms with Crippen molar-refractivity contribution in [3.05, 3.63) is 69.5 Å². The average Bonchev–Trinajstić information content (AvgIpc) is 2.46. The molecule has 0 radical (unpaired) electrons. The first-order chi connectivity index (χ1) is 9.61. The normalized spacial score (nSPS) is 10.0. The molecule has 0 fully saturated rings. The van der Waals surface area contributed by atoms with Crippen molar-refractivity contribution in [2.75, 3.05) is 0 Å². The van der Waals surface area contributed by atoms with Gasteiger partial charge in [0.2, 0.25) is 0 Å². The topological polar surface area (TPSA) is 66.9 Å². The zero-order chi connectivity index (χ0) is 14.5. The van der Waals surface area contributed by atoms with Crippen LogP contribution in [0.5, 0.6) is 0 Å². The number of rotatable bonds is 4. The summed E-state index contributed by atoms with van der Waals surface area (Å²) in [5.74, 6) is -0.150. The van der Waals surface area contributed by atoms with Crippen molar-refractivity contribution < 1.29 is 9.31 Å². The summed E-state index contributed by atoms with van der Waals surface area (Å²) >= 11 is 1.36. The molecular weight excluding hydrogens is 279 g/mol. The van der Waals surface area contributed by atoms with Crippen LogP contribution in [0, 0.1) is 27.3 Å². The van der Waals surface area contributed by atoms with Crippen molar-refractivity contribution >= 4 is 17.4 Å². The SMILES string of the molecule is N#Cc1cccc(CSc2ccc([N+](=O)[O-])cc2)c1F. The van der Waals surface area contributed by atoms with Crippen LogP contribution in [-0.4, -0.2) is 4.92 Å². The molecule has 0 aliphatic heterocycles. The molecule has 0 heterocycles. The van der Waals surface area contributed by atoms with Crippen LogP contribution in [0.3, 0.4) is 0 Å². The number of nitro groups is 1. The van der Waals surface area contributed by atoms with Crippen molar-refractivity contribution in [1.29, 1.82) is 5.26 Å². The summed E-state index contributed by atoms with van der Waals surface area (Å²) in [5.41, 5.74) is 0.478. The van der Waals surface area contributed by atoms with Crippen molar-refractivity contribution in [3.8, 4) is 6.07 Å². The van der Waals surface area contributed by atoms with Crippen LogP contribution in [0.1, 0.15) is 11.1 Å². The van der Waals surface area contributed by atoms with Gasteiger partial charge < -0.3 is 0 Å². The molecule has 100 valence electrons. The van der Waals surface area contributed by atoms with Crippen LogP contribution in [-0.2, 0) is 5.75 Å². The number of nitriles is 1. The highest BCUT2D eigenvalue weighted by Crippen LogP contribution is 2.26. The van der Waals surface area contributed by atoms with Crippen LogP contribution in [0.15, 0.2) is 47.4 Å². The highest BCUT2D eigenvalue weighted by molar-refractivity contribution is 7.98. The van der Waals surface area contributed by atoms with Gasteiger partial charge in [-0.15, -0.1) is 11.8 Å². The Bertz CT molecular complexity index is 681. The molecular formula is C14H9FN2O2S. The fourth-order valence-corrected chi connectivity index (χ4v) is 2.48. The quantitative estimate of drug-likeness (QED) is 0.486. The van der Waals surface area contributed by atoms with Gasteiger partial charge in [0.05, 0.1) is 10.5 Å². The Balaban J connectivity index is 2.09. The minimum atomic E-state index is -0.510. The van der Waals surface area contributed by atoms with Crippen LogP contribution in [0.4, 0.5) is 10.1 Å². The zero-order valence-corrected chi connectivity index (χ0v) is 11.1. The first-order valence-electron chi connectivity index (χ1n) is 5.66. The standard InChI is InChI=1S/C14H9FN2O2S/c15-14-10(8-16)2-1-3-11(14)9-20-13-6-4-12(5-7-13)17(18)19/h1-7H,9H2. The van der Waals surface area contributed by atoms with Gasteiger partial charge >= 0.3 is 0 Å². The zero-order valence-electron chi connectivity index (χ0n) is 10.2. The van der Waals surface area contributed by atoms with E-state index >= 15 is 0 Å². The van der Waals surface area contributed by atoms with Gasteiger partial charge in [-0.25, -0.2) is 4.39 Å². The third-order valence-corrected chi connectivity index (χ3v) is 3.70. The molecule has 20 heavy (non-hydrogen) atoms. The Morgan fingerprint density at radius 2 is 1.95 bits per heavy atom. The van der Waals surface area contributed by atoms with E-state index in [-0.39, 0.29) is 11.3 Å². The van der Waals surface area contributed by atoms with Gasteiger partial charge in [0, 0.05) is 22.8 Å². The minimum Gasteiger partial charge on any atom is -0.258 e. The van der Waals surface area contributed by atoms with Crippen LogP contribution in [0.25, 0.3) is 0 Å². The van der Waals surface area contributed by atoms with Gasteiger partial charge in [-0.1, -0.05) is 12.1 Å². The lowest BCUT2D eigenvalue weighted by atomic mass is 10.1. The van der Waals surface area contributed by atoms with Crippen LogP contribution < -0.4 is 0 Å². The molecule has 0 amide bonds. The Morgan fingerprint density at radius 3 is 2.55 bits per heavy atom. The number of hydrogen-bond donors (Lipinski definition) is 0. The second-order valence-corrected chi connectivity index (χ2v) is 4.98. The molecule has 0 aliphatic carbocycles. The average molecular weight is 288 g/mol. The molecule has 0 bridgehead atoms. The number of thioether (sulfide) groups is 1. The predicted octanol–water partition coefficient (Wildman–Crippen LogP) is 3.90. The third kappa shape index (κ3) is 3.13. The second-order valence-electron chi connectivity index (χ2n) is 3.93. The van der Waals surface area contributed by atoms with E-state index in [2.05, 4.69) is 0 Å². The van der Waals surface area contributed by atoms with E-state index in [0.717, 1.165) is 4.90 Å². The lowest BCUT2D eigenvalue weighted by Crippen LogP contribution is -1.92. The van der Waals surface area contributed by atoms with Crippen LogP contribution >= 0.6 is 11.8 Å². The summed E-state index contributed by atoms with van der Waals surface area (Å²) in [6, 6.07) is 12.5. The van der Waals surface area contributed by atoms with Crippen LogP contribution in [0.2, 0.25) is 0 Å². The minimum absolute atomic E-state index is 0.0202. The molecule has 2 aromatic carbocycles. The fraction of sp³-hybridized carbons (Fsp3) is 0.0714. The summed E-state index contributed by atoms with van der Waals surface area (Å²) in [6.45, 7) is 0. The molecule has 6 heteroatoms. The van der Waals surface area contributed by atoms with Gasteiger partial charge in [-0.2, -0.15) is 5.26 Å². The van der Waals surface area contributed by atoms with Gasteiger partial charge in [-0.3, -0.25) is 10.1 Å². The van der Waals surface area contributed by atoms with E-state index in [9.17, 15) is 14.5 Å². The first-order valence-corrected chi connectivity index (χ1v) is 6.65. The first kappa shape index (κ1) is 14.0. The van der Waals surface area contributed by atoms with E-state index in [1.165, 1.54) is 30.0 Å². The summed E-state index contributed by atoms with van der Waals surface area (Å²) in [5, 5.41) is 19.3. The highest BCUT2D eigenvalue weighted by Gasteiger charge is 2.09. The van der Waals surface area contributed by atoms with Crippen molar-refractivity contribution in [2.24, 2.45) is 0 Å². The molecule has 0 saturated carbocycles. The summed E-state index contributed by atoms with van der Waals surface area (Å²) in [6.07, 6.45) is 0. The number of non-ortho nitro benzene ring substituents is 1. The Morgan fingerprint density at radius 1 is 1.25 bits per heavy atom. The van der Waals surface area contributed by atoms with E-state index < -0.39 is 10.7 Å². The van der Waals surface area contributed by atoms with Crippen molar-refractivity contribution in [3.63, 3.8) is 0 Å². The van der Waals surface area contributed by atoms with Gasteiger partial charge in [0.1, 0.15) is 11.9 Å². The molecule has 0 unspecified atom stereocenters. The maximum atomic E-state index is 13.8. The maximum Gasteiger partial charge on any atom is 0.269 e. The summed E-state index contributed by atoms with van der Waals surface area (Å²) in [4.78, 5) is 10.9. The van der Waals surface area contributed by atoms with E-state index in [1.807, 2.05) is 0 Å². The third-order valence-electron chi connectivity index (χ3n) is 2.64. The lowest BCUT2D eigenvalue weighted by molar-refractivity contribution is -0.384. The number of nitrogens with zero attached hydrogens (tertiary/aromatic N) is 2. The van der Waals surface area contributed by atoms with E-state index in [1.54, 1.807) is 30.3 Å². The number of benzene rings is 2. The maximum absolute atomic E-state index is 13.8. The van der Waals surface area contributed by atoms with E-state index in [4.69, 9.17) is 5.26 Å². The summed E-state index contributed by atoms with van der Waals surface area (Å²) in [7, 11) is 0. The number of halogens is 1. The molecule has 0 spiro atoms. The predicted molar refractivity (Wildman–Crippen MR) is 73.8 cm³/mol. The number of nitro benzene ring substituents is 1. The Hall–Kier alpha value is -2.39. The molecule has 0 N–H and O–H groups in total. The molecule has 0 aromatic heterocycles. The summed E-state index contributed by atoms with van der Waals surface area (Å²) < 4.78 is 13.8.